The molecule has 2 rings (SSSR count). The van der Waals surface area contributed by atoms with Gasteiger partial charge in [-0.2, -0.15) is 4.31 Å². The lowest BCUT2D eigenvalue weighted by Gasteiger charge is -2.35. The van der Waals surface area contributed by atoms with E-state index in [-0.39, 0.29) is 17.5 Å². The third kappa shape index (κ3) is 3.26. The Bertz CT molecular complexity index is 571. The third-order valence-corrected chi connectivity index (χ3v) is 7.67. The Morgan fingerprint density at radius 3 is 2.80 bits per heavy atom. The summed E-state index contributed by atoms with van der Waals surface area (Å²) in [4.78, 5) is 2.99. The monoisotopic (exact) mass is 382 g/mol. The number of hydrogen-bond acceptors (Lipinski definition) is 5. The first-order valence-corrected chi connectivity index (χ1v) is 9.47. The maximum absolute atomic E-state index is 12.7. The molecule has 1 fully saturated rings. The van der Waals surface area contributed by atoms with Crippen molar-refractivity contribution < 1.29 is 13.5 Å². The predicted octanol–water partition coefficient (Wildman–Crippen LogP) is 1.72. The molecule has 114 valence electrons. The molecule has 0 amide bonds. The van der Waals surface area contributed by atoms with Crippen molar-refractivity contribution in [1.29, 1.82) is 0 Å². The van der Waals surface area contributed by atoms with Gasteiger partial charge in [-0.05, 0) is 48.9 Å². The van der Waals surface area contributed by atoms with Gasteiger partial charge in [-0.1, -0.05) is 0 Å². The van der Waals surface area contributed by atoms with Crippen molar-refractivity contribution in [3.8, 4) is 0 Å². The molecule has 0 spiro atoms. The van der Waals surface area contributed by atoms with E-state index in [1.165, 1.54) is 11.3 Å². The van der Waals surface area contributed by atoms with Crippen LogP contribution < -0.4 is 0 Å². The molecule has 5 nitrogen and oxygen atoms in total. The number of piperidine rings is 1. The number of nitrogens with zero attached hydrogens (tertiary/aromatic N) is 2. The molecule has 0 bridgehead atoms. The van der Waals surface area contributed by atoms with Crippen molar-refractivity contribution in [2.75, 3.05) is 27.2 Å². The van der Waals surface area contributed by atoms with Gasteiger partial charge in [0.1, 0.15) is 4.90 Å². The fourth-order valence-electron chi connectivity index (χ4n) is 2.35. The maximum atomic E-state index is 12.7. The summed E-state index contributed by atoms with van der Waals surface area (Å²) in [6, 6.07) is 1.82. The topological polar surface area (TPSA) is 60.9 Å². The number of hydrogen-bond donors (Lipinski definition) is 1. The van der Waals surface area contributed by atoms with Gasteiger partial charge < -0.3 is 10.0 Å². The van der Waals surface area contributed by atoms with Gasteiger partial charge in [0.05, 0.1) is 10.4 Å². The van der Waals surface area contributed by atoms with E-state index in [0.717, 1.165) is 12.8 Å². The molecule has 8 heteroatoms. The van der Waals surface area contributed by atoms with Crippen LogP contribution in [-0.2, 0) is 16.6 Å². The van der Waals surface area contributed by atoms with Gasteiger partial charge in [0.25, 0.3) is 0 Å². The Labute approximate surface area is 132 Å². The standard InChI is InChI=1S/C12H19BrN2O3S2/c1-14(2)9-4-3-5-15(7-9)20(17,18)11-6-10(8-16)19-12(11)13/h6,9,16H,3-5,7-8H2,1-2H3. The van der Waals surface area contributed by atoms with Crippen LogP contribution >= 0.6 is 27.3 Å². The molecule has 0 saturated carbocycles. The summed E-state index contributed by atoms with van der Waals surface area (Å²) in [6.07, 6.45) is 1.89. The van der Waals surface area contributed by atoms with Crippen LogP contribution in [0.5, 0.6) is 0 Å². The molecular weight excluding hydrogens is 364 g/mol. The van der Waals surface area contributed by atoms with Crippen LogP contribution in [0.1, 0.15) is 17.7 Å². The summed E-state index contributed by atoms with van der Waals surface area (Å²) in [5.74, 6) is 0. The van der Waals surface area contributed by atoms with Crippen LogP contribution in [0.25, 0.3) is 0 Å². The lowest BCUT2D eigenvalue weighted by Crippen LogP contribution is -2.47. The zero-order valence-corrected chi connectivity index (χ0v) is 14.8. The highest BCUT2D eigenvalue weighted by molar-refractivity contribution is 9.11. The molecule has 0 aliphatic carbocycles. The highest BCUT2D eigenvalue weighted by atomic mass is 79.9. The average Bonchev–Trinajstić information content (AvgIpc) is 2.81. The summed E-state index contributed by atoms with van der Waals surface area (Å²) >= 11 is 4.56. The number of rotatable bonds is 4. The molecule has 1 aromatic heterocycles. The molecule has 1 saturated heterocycles. The van der Waals surface area contributed by atoms with Gasteiger partial charge in [0.2, 0.25) is 10.0 Å². The minimum atomic E-state index is -3.49. The van der Waals surface area contributed by atoms with E-state index in [1.807, 2.05) is 14.1 Å². The Kier molecular flexibility index (Phi) is 5.25. The molecule has 1 aliphatic heterocycles. The highest BCUT2D eigenvalue weighted by Gasteiger charge is 2.33. The number of halogens is 1. The van der Waals surface area contributed by atoms with E-state index in [2.05, 4.69) is 20.8 Å². The zero-order chi connectivity index (χ0) is 14.9. The molecule has 2 heterocycles. The number of aliphatic hydroxyl groups excluding tert-OH is 1. The summed E-state index contributed by atoms with van der Waals surface area (Å²) in [7, 11) is 0.465. The van der Waals surface area contributed by atoms with Crippen molar-refractivity contribution in [3.63, 3.8) is 0 Å². The Balaban J connectivity index is 2.27. The fourth-order valence-corrected chi connectivity index (χ4v) is 6.36. The lowest BCUT2D eigenvalue weighted by atomic mass is 10.1. The van der Waals surface area contributed by atoms with Crippen molar-refractivity contribution >= 4 is 37.3 Å². The number of likely N-dealkylation sites (N-methyl/N-ethyl adjacent to an activating group) is 1. The van der Waals surface area contributed by atoms with Gasteiger partial charge in [-0.15, -0.1) is 11.3 Å². The Morgan fingerprint density at radius 1 is 1.55 bits per heavy atom. The molecule has 1 aromatic rings. The second kappa shape index (κ2) is 6.41. The van der Waals surface area contributed by atoms with Crippen LogP contribution in [-0.4, -0.2) is 56.0 Å². The summed E-state index contributed by atoms with van der Waals surface area (Å²) in [5.41, 5.74) is 0. The Hall–Kier alpha value is 0.01000. The number of sulfonamides is 1. The SMILES string of the molecule is CN(C)C1CCCN(S(=O)(=O)c2cc(CO)sc2Br)C1. The fraction of sp³-hybridized carbons (Fsp3) is 0.667. The van der Waals surface area contributed by atoms with Gasteiger partial charge in [-0.3, -0.25) is 0 Å². The smallest absolute Gasteiger partial charge is 0.245 e. The van der Waals surface area contributed by atoms with Crippen molar-refractivity contribution in [2.24, 2.45) is 0 Å². The second-order valence-electron chi connectivity index (χ2n) is 5.13. The van der Waals surface area contributed by atoms with Crippen LogP contribution in [0.4, 0.5) is 0 Å². The van der Waals surface area contributed by atoms with Gasteiger partial charge >= 0.3 is 0 Å². The molecule has 1 aliphatic rings. The first kappa shape index (κ1) is 16.4. The van der Waals surface area contributed by atoms with Crippen molar-refractivity contribution in [1.82, 2.24) is 9.21 Å². The maximum Gasteiger partial charge on any atom is 0.245 e. The zero-order valence-electron chi connectivity index (χ0n) is 11.5. The van der Waals surface area contributed by atoms with E-state index < -0.39 is 10.0 Å². The van der Waals surface area contributed by atoms with Crippen LogP contribution in [0.2, 0.25) is 0 Å². The molecule has 0 radical (unpaired) electrons. The highest BCUT2D eigenvalue weighted by Crippen LogP contribution is 2.34. The molecule has 0 aromatic carbocycles. The van der Waals surface area contributed by atoms with Crippen LogP contribution in [0.15, 0.2) is 14.7 Å². The normalized spacial score (nSPS) is 21.6. The van der Waals surface area contributed by atoms with E-state index in [4.69, 9.17) is 5.11 Å². The first-order chi connectivity index (χ1) is 9.36. The van der Waals surface area contributed by atoms with Gasteiger partial charge in [0.15, 0.2) is 0 Å². The molecule has 20 heavy (non-hydrogen) atoms. The van der Waals surface area contributed by atoms with E-state index in [1.54, 1.807) is 10.4 Å². The van der Waals surface area contributed by atoms with Crippen molar-refractivity contribution in [3.05, 3.63) is 14.7 Å². The molecule has 1 unspecified atom stereocenters. The molecule has 1 atom stereocenters. The van der Waals surface area contributed by atoms with Gasteiger partial charge in [-0.25, -0.2) is 8.42 Å². The predicted molar refractivity (Wildman–Crippen MR) is 83.4 cm³/mol. The summed E-state index contributed by atoms with van der Waals surface area (Å²) in [6.45, 7) is 0.939. The molecular formula is C12H19BrN2O3S2. The van der Waals surface area contributed by atoms with E-state index in [0.29, 0.717) is 21.8 Å². The third-order valence-electron chi connectivity index (χ3n) is 3.57. The van der Waals surface area contributed by atoms with Crippen LogP contribution in [0.3, 0.4) is 0 Å². The summed E-state index contributed by atoms with van der Waals surface area (Å²) < 4.78 is 27.5. The van der Waals surface area contributed by atoms with E-state index in [9.17, 15) is 8.42 Å². The number of thiophene rings is 1. The number of aliphatic hydroxyl groups is 1. The quantitative estimate of drug-likeness (QED) is 0.860. The largest absolute Gasteiger partial charge is 0.391 e. The minimum Gasteiger partial charge on any atom is -0.391 e. The van der Waals surface area contributed by atoms with Crippen LogP contribution in [0, 0.1) is 0 Å². The second-order valence-corrected chi connectivity index (χ2v) is 9.49. The average molecular weight is 383 g/mol. The first-order valence-electron chi connectivity index (χ1n) is 6.42. The van der Waals surface area contributed by atoms with E-state index >= 15 is 0 Å². The minimum absolute atomic E-state index is 0.140. The molecule has 1 N–H and O–H groups in total. The summed E-state index contributed by atoms with van der Waals surface area (Å²) in [5, 5.41) is 9.14. The Morgan fingerprint density at radius 2 is 2.25 bits per heavy atom. The lowest BCUT2D eigenvalue weighted by molar-refractivity contribution is 0.190. The van der Waals surface area contributed by atoms with Gasteiger partial charge in [0, 0.05) is 24.0 Å². The van der Waals surface area contributed by atoms with Crippen molar-refractivity contribution in [2.45, 2.75) is 30.4 Å².